The normalized spacial score (nSPS) is 11.4. The maximum atomic E-state index is 6.65. The molecule has 0 amide bonds. The van der Waals surface area contributed by atoms with Crippen LogP contribution in [0.5, 0.6) is 0 Å². The average Bonchev–Trinajstić information content (AvgIpc) is 3.68. The lowest BCUT2D eigenvalue weighted by Gasteiger charge is -2.12. The summed E-state index contributed by atoms with van der Waals surface area (Å²) in [7, 11) is 0. The molecule has 0 saturated heterocycles. The Balaban J connectivity index is 1.13. The van der Waals surface area contributed by atoms with E-state index >= 15 is 0 Å². The zero-order valence-corrected chi connectivity index (χ0v) is 28.8. The van der Waals surface area contributed by atoms with E-state index in [1.165, 1.54) is 38.2 Å². The Labute approximate surface area is 307 Å². The molecule has 0 bridgehead atoms. The van der Waals surface area contributed by atoms with E-state index in [2.05, 4.69) is 181 Å². The number of nitrogens with zero attached hydrogens (tertiary/aromatic N) is 2. The number of oxazole rings is 1. The minimum absolute atomic E-state index is 0.589. The van der Waals surface area contributed by atoms with Crippen molar-refractivity contribution in [3.8, 4) is 67.1 Å². The molecule has 2 heterocycles. The first-order valence-electron chi connectivity index (χ1n) is 17.9. The molecule has 2 aromatic heterocycles. The fraction of sp³-hybridized carbons (Fsp3) is 0. The lowest BCUT2D eigenvalue weighted by atomic mass is 9.92. The largest absolute Gasteiger partial charge is 0.436 e. The van der Waals surface area contributed by atoms with E-state index < -0.39 is 0 Å². The summed E-state index contributed by atoms with van der Waals surface area (Å²) in [4.78, 5) is 9.46. The van der Waals surface area contributed by atoms with Crippen molar-refractivity contribution in [1.29, 1.82) is 0 Å². The van der Waals surface area contributed by atoms with Gasteiger partial charge in [0, 0.05) is 23.5 Å². The fourth-order valence-corrected chi connectivity index (χ4v) is 7.55. The molecule has 0 aliphatic heterocycles. The molecule has 10 rings (SSSR count). The third-order valence-electron chi connectivity index (χ3n) is 10.2. The third kappa shape index (κ3) is 5.65. The number of pyridine rings is 1. The molecule has 0 fully saturated rings. The van der Waals surface area contributed by atoms with Crippen LogP contribution in [0.3, 0.4) is 0 Å². The zero-order valence-electron chi connectivity index (χ0n) is 28.8. The molecule has 8 aromatic carbocycles. The first kappa shape index (κ1) is 30.7. The summed E-state index contributed by atoms with van der Waals surface area (Å²) in [5.41, 5.74) is 13.7. The smallest absolute Gasteiger partial charge is 0.227 e. The predicted molar refractivity (Wildman–Crippen MR) is 219 cm³/mol. The number of rotatable bonds is 6. The van der Waals surface area contributed by atoms with E-state index in [1.54, 1.807) is 6.20 Å². The van der Waals surface area contributed by atoms with Crippen molar-refractivity contribution in [2.75, 3.05) is 0 Å². The van der Waals surface area contributed by atoms with Crippen molar-refractivity contribution >= 4 is 32.6 Å². The maximum absolute atomic E-state index is 6.65. The molecule has 53 heavy (non-hydrogen) atoms. The second kappa shape index (κ2) is 12.9. The summed E-state index contributed by atoms with van der Waals surface area (Å²) in [6, 6.07) is 64.5. The van der Waals surface area contributed by atoms with Crippen LogP contribution in [-0.2, 0) is 0 Å². The highest BCUT2D eigenvalue weighted by Gasteiger charge is 2.17. The summed E-state index contributed by atoms with van der Waals surface area (Å²) in [6.45, 7) is 0. The molecule has 248 valence electrons. The Bertz CT molecular complexity index is 2930. The zero-order chi connectivity index (χ0) is 35.1. The Morgan fingerprint density at radius 3 is 1.57 bits per heavy atom. The van der Waals surface area contributed by atoms with Crippen molar-refractivity contribution in [3.05, 3.63) is 194 Å². The second-order valence-electron chi connectivity index (χ2n) is 13.4. The van der Waals surface area contributed by atoms with Crippen molar-refractivity contribution in [3.63, 3.8) is 0 Å². The Kier molecular flexibility index (Phi) is 7.47. The van der Waals surface area contributed by atoms with Gasteiger partial charge in [-0.2, -0.15) is 0 Å². The van der Waals surface area contributed by atoms with Gasteiger partial charge in [0.1, 0.15) is 5.52 Å². The van der Waals surface area contributed by atoms with Crippen LogP contribution in [0, 0.1) is 0 Å². The van der Waals surface area contributed by atoms with Gasteiger partial charge in [-0.3, -0.25) is 4.98 Å². The van der Waals surface area contributed by atoms with Crippen molar-refractivity contribution in [2.45, 2.75) is 0 Å². The second-order valence-corrected chi connectivity index (χ2v) is 13.4. The Morgan fingerprint density at radius 2 is 0.906 bits per heavy atom. The average molecular weight is 677 g/mol. The molecule has 3 heteroatoms. The van der Waals surface area contributed by atoms with Crippen molar-refractivity contribution in [1.82, 2.24) is 9.97 Å². The van der Waals surface area contributed by atoms with Crippen molar-refractivity contribution in [2.24, 2.45) is 0 Å². The van der Waals surface area contributed by atoms with Gasteiger partial charge in [-0.05, 0) is 114 Å². The molecule has 3 nitrogen and oxygen atoms in total. The van der Waals surface area contributed by atoms with Gasteiger partial charge in [0.25, 0.3) is 0 Å². The summed E-state index contributed by atoms with van der Waals surface area (Å²) >= 11 is 0. The number of hydrogen-bond acceptors (Lipinski definition) is 3. The van der Waals surface area contributed by atoms with E-state index in [4.69, 9.17) is 9.40 Å². The molecule has 0 aliphatic rings. The van der Waals surface area contributed by atoms with Crippen LogP contribution >= 0.6 is 0 Å². The minimum Gasteiger partial charge on any atom is -0.436 e. The molecule has 0 unspecified atom stereocenters. The van der Waals surface area contributed by atoms with Crippen molar-refractivity contribution < 1.29 is 4.42 Å². The molecule has 10 aromatic rings. The third-order valence-corrected chi connectivity index (χ3v) is 10.2. The van der Waals surface area contributed by atoms with Gasteiger partial charge in [0.2, 0.25) is 5.89 Å². The molecule has 0 saturated carbocycles. The number of fused-ring (bicyclic) bond motifs is 3. The molecular formula is C50H32N2O. The van der Waals surface area contributed by atoms with Crippen LogP contribution in [-0.4, -0.2) is 9.97 Å². The summed E-state index contributed by atoms with van der Waals surface area (Å²) in [5.74, 6) is 0.589. The highest BCUT2D eigenvalue weighted by molar-refractivity contribution is 6.01. The first-order valence-corrected chi connectivity index (χ1v) is 17.9. The van der Waals surface area contributed by atoms with E-state index in [1.807, 2.05) is 12.3 Å². The van der Waals surface area contributed by atoms with E-state index in [9.17, 15) is 0 Å². The summed E-state index contributed by atoms with van der Waals surface area (Å²) < 4.78 is 6.65. The van der Waals surface area contributed by atoms with Gasteiger partial charge in [-0.25, -0.2) is 4.98 Å². The summed E-state index contributed by atoms with van der Waals surface area (Å²) in [5, 5.41) is 4.92. The van der Waals surface area contributed by atoms with Gasteiger partial charge < -0.3 is 4.42 Å². The van der Waals surface area contributed by atoms with Crippen LogP contribution in [0.25, 0.3) is 99.7 Å². The molecule has 0 atom stereocenters. The number of aromatic nitrogens is 2. The standard InChI is InChI=1S/C50H32N2O/c1-3-19-43-34(10-1)12-7-21-45(43)38-15-5-14-37(28-38)42-30-47(40-17-6-16-39(29-40)46-22-8-13-35-11-2-4-20-44(35)46)49-48(31-42)53-50(52-49)36-25-23-33(24-26-36)41-18-9-27-51-32-41/h1-32H. The van der Waals surface area contributed by atoms with Gasteiger partial charge >= 0.3 is 0 Å². The lowest BCUT2D eigenvalue weighted by molar-refractivity contribution is 0.620. The van der Waals surface area contributed by atoms with Crippen LogP contribution < -0.4 is 0 Å². The molecule has 0 N–H and O–H groups in total. The maximum Gasteiger partial charge on any atom is 0.227 e. The molecule has 0 spiro atoms. The Hall–Kier alpha value is -7.10. The monoisotopic (exact) mass is 676 g/mol. The van der Waals surface area contributed by atoms with Crippen LogP contribution in [0.1, 0.15) is 0 Å². The fourth-order valence-electron chi connectivity index (χ4n) is 7.55. The molecule has 0 radical (unpaired) electrons. The first-order chi connectivity index (χ1) is 26.2. The summed E-state index contributed by atoms with van der Waals surface area (Å²) in [6.07, 6.45) is 3.67. The lowest BCUT2D eigenvalue weighted by Crippen LogP contribution is -1.88. The van der Waals surface area contributed by atoms with E-state index in [0.717, 1.165) is 55.6 Å². The Morgan fingerprint density at radius 1 is 0.358 bits per heavy atom. The van der Waals surface area contributed by atoms with Gasteiger partial charge in [-0.15, -0.1) is 0 Å². The van der Waals surface area contributed by atoms with E-state index in [-0.39, 0.29) is 0 Å². The quantitative estimate of drug-likeness (QED) is 0.176. The highest BCUT2D eigenvalue weighted by atomic mass is 16.3. The van der Waals surface area contributed by atoms with Crippen LogP contribution in [0.4, 0.5) is 0 Å². The topological polar surface area (TPSA) is 38.9 Å². The van der Waals surface area contributed by atoms with Gasteiger partial charge in [0.15, 0.2) is 5.58 Å². The van der Waals surface area contributed by atoms with E-state index in [0.29, 0.717) is 5.89 Å². The van der Waals surface area contributed by atoms with Gasteiger partial charge in [0.05, 0.1) is 0 Å². The highest BCUT2D eigenvalue weighted by Crippen LogP contribution is 2.40. The van der Waals surface area contributed by atoms with Gasteiger partial charge in [-0.1, -0.05) is 140 Å². The van der Waals surface area contributed by atoms with Crippen LogP contribution in [0.15, 0.2) is 199 Å². The van der Waals surface area contributed by atoms with Crippen LogP contribution in [0.2, 0.25) is 0 Å². The minimum atomic E-state index is 0.589. The predicted octanol–water partition coefficient (Wildman–Crippen LogP) is 13.5. The molecular weight excluding hydrogens is 645 g/mol. The number of benzene rings is 8. The SMILES string of the molecule is c1cncc(-c2ccc(-c3nc4c(-c5cccc(-c6cccc7ccccc67)c5)cc(-c5cccc(-c6cccc7ccccc67)c5)cc4o3)cc2)c1. The molecule has 0 aliphatic carbocycles. The number of hydrogen-bond donors (Lipinski definition) is 0.